The van der Waals surface area contributed by atoms with Crippen molar-refractivity contribution in [2.24, 2.45) is 5.92 Å². The van der Waals surface area contributed by atoms with E-state index in [0.717, 1.165) is 46.8 Å². The Hall–Kier alpha value is -5.83. The van der Waals surface area contributed by atoms with Crippen LogP contribution in [-0.2, 0) is 4.79 Å². The minimum Gasteiger partial charge on any atom is -0.410 e. The van der Waals surface area contributed by atoms with Gasteiger partial charge in [0.2, 0.25) is 5.91 Å². The van der Waals surface area contributed by atoms with Gasteiger partial charge in [-0.2, -0.15) is 0 Å². The smallest absolute Gasteiger partial charge is 0.410 e. The first-order valence-corrected chi connectivity index (χ1v) is 19.3. The maximum Gasteiger partial charge on any atom is 0.413 e. The first-order valence-electron chi connectivity index (χ1n) is 19.3. The van der Waals surface area contributed by atoms with Gasteiger partial charge in [0.25, 0.3) is 0 Å². The number of rotatable bonds is 8. The van der Waals surface area contributed by atoms with Gasteiger partial charge in [-0.25, -0.2) is 9.78 Å². The number of aryl methyl sites for hydroxylation is 1. The first-order chi connectivity index (χ1) is 26.3. The number of H-pyrrole nitrogens is 1. The summed E-state index contributed by atoms with van der Waals surface area (Å²) in [5, 5.41) is 9.75. The highest BCUT2D eigenvalue weighted by molar-refractivity contribution is 5.88. The van der Waals surface area contributed by atoms with E-state index in [-0.39, 0.29) is 17.9 Å². The summed E-state index contributed by atoms with van der Waals surface area (Å²) < 4.78 is 5.43. The minimum atomic E-state index is -0.694. The highest BCUT2D eigenvalue weighted by Gasteiger charge is 2.40. The molecule has 2 aliphatic heterocycles. The van der Waals surface area contributed by atoms with Crippen molar-refractivity contribution in [2.75, 3.05) is 6.54 Å². The molecule has 4 atom stereocenters. The van der Waals surface area contributed by atoms with Crippen LogP contribution >= 0.6 is 0 Å². The lowest BCUT2D eigenvalue weighted by molar-refractivity contribution is -0.134. The third-order valence-electron chi connectivity index (χ3n) is 11.7. The Morgan fingerprint density at radius 2 is 1.59 bits per heavy atom. The molecule has 1 saturated heterocycles. The number of imidazole rings is 1. The molecule has 2 amide bonds. The van der Waals surface area contributed by atoms with Gasteiger partial charge in [0, 0.05) is 12.7 Å². The number of fused-ring (bicyclic) bond motifs is 6. The van der Waals surface area contributed by atoms with Crippen molar-refractivity contribution in [1.82, 2.24) is 30.8 Å². The second-order valence-electron chi connectivity index (χ2n) is 15.5. The quantitative estimate of drug-likeness (QED) is 0.128. The van der Waals surface area contributed by atoms with Gasteiger partial charge in [0.05, 0.1) is 22.8 Å². The molecule has 4 aliphatic rings. The molecule has 4 aromatic carbocycles. The van der Waals surface area contributed by atoms with E-state index in [0.29, 0.717) is 24.1 Å². The van der Waals surface area contributed by atoms with Gasteiger partial charge in [-0.1, -0.05) is 74.5 Å². The molecular formula is C45H46N6O3. The molecule has 0 spiro atoms. The van der Waals surface area contributed by atoms with E-state index in [9.17, 15) is 9.59 Å². The van der Waals surface area contributed by atoms with E-state index in [4.69, 9.17) is 4.74 Å². The van der Waals surface area contributed by atoms with Crippen LogP contribution < -0.4 is 20.7 Å². The lowest BCUT2D eigenvalue weighted by Crippen LogP contribution is -2.53. The molecule has 54 heavy (non-hydrogen) atoms. The summed E-state index contributed by atoms with van der Waals surface area (Å²) in [6.45, 7) is 6.52. The highest BCUT2D eigenvalue weighted by Crippen LogP contribution is 2.58. The number of aromatic amines is 1. The lowest BCUT2D eigenvalue weighted by atomic mass is 9.81. The third-order valence-corrected chi connectivity index (χ3v) is 11.7. The molecule has 4 N–H and O–H groups in total. The Bertz CT molecular complexity index is 2310. The van der Waals surface area contributed by atoms with Crippen molar-refractivity contribution in [3.8, 4) is 28.0 Å². The van der Waals surface area contributed by atoms with Gasteiger partial charge < -0.3 is 30.6 Å². The van der Waals surface area contributed by atoms with E-state index in [2.05, 4.69) is 86.6 Å². The average molecular weight is 719 g/mol. The van der Waals surface area contributed by atoms with E-state index in [1.165, 1.54) is 41.5 Å². The third kappa shape index (κ3) is 6.31. The number of likely N-dealkylation sites (tertiary alicyclic amines) is 1. The largest absolute Gasteiger partial charge is 0.413 e. The Balaban J connectivity index is 0.892. The van der Waals surface area contributed by atoms with E-state index < -0.39 is 12.1 Å². The van der Waals surface area contributed by atoms with Crippen LogP contribution in [0.3, 0.4) is 0 Å². The number of aromatic nitrogens is 2. The molecule has 2 bridgehead atoms. The molecule has 5 aromatic rings. The maximum absolute atomic E-state index is 13.8. The topological polar surface area (TPSA) is 111 Å². The van der Waals surface area contributed by atoms with Crippen LogP contribution in [0.25, 0.3) is 39.0 Å². The second-order valence-corrected chi connectivity index (χ2v) is 15.5. The lowest BCUT2D eigenvalue weighted by Gasteiger charge is -2.30. The number of benzene rings is 4. The van der Waals surface area contributed by atoms with Crippen LogP contribution in [-0.4, -0.2) is 45.5 Å². The van der Waals surface area contributed by atoms with Gasteiger partial charge >= 0.3 is 6.09 Å². The molecule has 2 fully saturated rings. The maximum atomic E-state index is 13.8. The number of amides is 2. The number of carbonyl (C=O) groups excluding carboxylic acids is 2. The van der Waals surface area contributed by atoms with Crippen molar-refractivity contribution in [3.63, 3.8) is 0 Å². The molecular weight excluding hydrogens is 673 g/mol. The van der Waals surface area contributed by atoms with Crippen LogP contribution in [0.2, 0.25) is 0 Å². The molecule has 0 radical (unpaired) electrons. The average Bonchev–Trinajstić information content (AvgIpc) is 4.03. The summed E-state index contributed by atoms with van der Waals surface area (Å²) in [7, 11) is 0. The van der Waals surface area contributed by atoms with Crippen molar-refractivity contribution >= 4 is 28.7 Å². The Morgan fingerprint density at radius 1 is 0.889 bits per heavy atom. The SMILES string of the molecule is Cc1nc2ccc(-c3ccc(-c4ccc(C5=CNC(=CC6CCCN6C(=O)C(NC(=O)Oc6ccccc6)C(C)C)N5)cc4)c4c3C3CCC4C3)cc2[nH]1. The van der Waals surface area contributed by atoms with E-state index in [1.807, 2.05) is 37.9 Å². The summed E-state index contributed by atoms with van der Waals surface area (Å²) in [4.78, 5) is 36.4. The predicted octanol–water partition coefficient (Wildman–Crippen LogP) is 8.71. The van der Waals surface area contributed by atoms with Crippen molar-refractivity contribution in [3.05, 3.63) is 126 Å². The van der Waals surface area contributed by atoms with Crippen LogP contribution in [0.4, 0.5) is 4.79 Å². The van der Waals surface area contributed by atoms with Gasteiger partial charge in [-0.05, 0) is 126 Å². The van der Waals surface area contributed by atoms with Crippen LogP contribution in [0.1, 0.15) is 80.3 Å². The summed E-state index contributed by atoms with van der Waals surface area (Å²) in [6.07, 6.45) is 8.98. The van der Waals surface area contributed by atoms with E-state index >= 15 is 0 Å². The molecule has 274 valence electrons. The molecule has 4 unspecified atom stereocenters. The number of para-hydroxylation sites is 1. The van der Waals surface area contributed by atoms with Gasteiger partial charge in [-0.15, -0.1) is 0 Å². The fourth-order valence-electron chi connectivity index (χ4n) is 9.15. The van der Waals surface area contributed by atoms with Crippen LogP contribution in [0.15, 0.2) is 103 Å². The normalized spacial score (nSPS) is 21.3. The van der Waals surface area contributed by atoms with Gasteiger partial charge in [-0.3, -0.25) is 4.79 Å². The minimum absolute atomic E-state index is 0.0956. The highest BCUT2D eigenvalue weighted by atomic mass is 16.6. The molecule has 1 saturated carbocycles. The number of nitrogens with zero attached hydrogens (tertiary/aromatic N) is 2. The van der Waals surface area contributed by atoms with E-state index in [1.54, 1.807) is 35.4 Å². The molecule has 2 aliphatic carbocycles. The zero-order chi connectivity index (χ0) is 36.9. The zero-order valence-corrected chi connectivity index (χ0v) is 31.0. The standard InChI is InChI=1S/C45H46N6O3/c1-26(2)43(50-45(53)54-34-9-5-4-6-10-34)44(52)51-21-7-8-33(51)24-40-46-25-39(49-40)29-13-11-28(12-14-29)35-18-19-36(42-32-16-15-31(22-32)41(35)42)30-17-20-37-38(23-30)48-27(3)47-37/h4-6,9-14,17-20,23-26,31-33,43,46,49H,7-8,15-16,21-22H2,1-3H3,(H,47,48)(H,50,53). The molecule has 3 heterocycles. The summed E-state index contributed by atoms with van der Waals surface area (Å²) in [5.41, 5.74) is 12.5. The monoisotopic (exact) mass is 718 g/mol. The van der Waals surface area contributed by atoms with Crippen LogP contribution in [0.5, 0.6) is 5.75 Å². The summed E-state index contributed by atoms with van der Waals surface area (Å²) in [5.74, 6) is 3.26. The van der Waals surface area contributed by atoms with Crippen molar-refractivity contribution in [1.29, 1.82) is 0 Å². The number of hydrogen-bond acceptors (Lipinski definition) is 6. The number of nitrogens with one attached hydrogen (secondary N) is 4. The molecule has 9 heteroatoms. The Morgan fingerprint density at radius 3 is 2.33 bits per heavy atom. The van der Waals surface area contributed by atoms with Crippen molar-refractivity contribution < 1.29 is 14.3 Å². The molecule has 1 aromatic heterocycles. The summed E-state index contributed by atoms with van der Waals surface area (Å²) >= 11 is 0. The van der Waals surface area contributed by atoms with Crippen molar-refractivity contribution in [2.45, 2.75) is 76.8 Å². The predicted molar refractivity (Wildman–Crippen MR) is 212 cm³/mol. The second kappa shape index (κ2) is 13.9. The van der Waals surface area contributed by atoms with Gasteiger partial charge in [0.1, 0.15) is 23.4 Å². The number of hydrogen-bond donors (Lipinski definition) is 4. The zero-order valence-electron chi connectivity index (χ0n) is 31.0. The molecule has 9 nitrogen and oxygen atoms in total. The summed E-state index contributed by atoms with van der Waals surface area (Å²) in [6, 6.07) is 28.3. The Kier molecular flexibility index (Phi) is 8.72. The fraction of sp³-hybridized carbons (Fsp3) is 0.311. The van der Waals surface area contributed by atoms with Gasteiger partial charge in [0.15, 0.2) is 0 Å². The Labute approximate surface area is 315 Å². The number of carbonyl (C=O) groups is 2. The number of ether oxygens (including phenoxy) is 1. The first kappa shape index (κ1) is 34.0. The fourth-order valence-corrected chi connectivity index (χ4v) is 9.15. The van der Waals surface area contributed by atoms with Crippen LogP contribution in [0, 0.1) is 12.8 Å². The molecule has 9 rings (SSSR count).